The second-order valence-corrected chi connectivity index (χ2v) is 5.56. The lowest BCUT2D eigenvalue weighted by Crippen LogP contribution is -2.26. The van der Waals surface area contributed by atoms with Gasteiger partial charge < -0.3 is 14.5 Å². The van der Waals surface area contributed by atoms with E-state index in [4.69, 9.17) is 0 Å². The summed E-state index contributed by atoms with van der Waals surface area (Å²) in [6.07, 6.45) is 11.0. The van der Waals surface area contributed by atoms with E-state index in [1.807, 2.05) is 12.5 Å². The van der Waals surface area contributed by atoms with Gasteiger partial charge in [-0.1, -0.05) is 13.8 Å². The lowest BCUT2D eigenvalue weighted by Gasteiger charge is -2.10. The molecule has 0 aliphatic rings. The van der Waals surface area contributed by atoms with Crippen LogP contribution in [0, 0.1) is 5.92 Å². The summed E-state index contributed by atoms with van der Waals surface area (Å²) < 4.78 is 3.77. The number of aryl methyl sites for hydroxylation is 1. The number of hydrogen-bond donors (Lipinski definition) is 1. The molecule has 6 nitrogen and oxygen atoms in total. The lowest BCUT2D eigenvalue weighted by molar-refractivity contribution is 0.509. The zero-order chi connectivity index (χ0) is 15.1. The molecule has 2 heterocycles. The first-order valence-electron chi connectivity index (χ1n) is 7.42. The van der Waals surface area contributed by atoms with Crippen LogP contribution in [0.3, 0.4) is 0 Å². The summed E-state index contributed by atoms with van der Waals surface area (Å²) in [4.78, 5) is 20.3. The Morgan fingerprint density at radius 3 is 2.81 bits per heavy atom. The van der Waals surface area contributed by atoms with Crippen molar-refractivity contribution < 1.29 is 0 Å². The highest BCUT2D eigenvalue weighted by Gasteiger charge is 2.05. The number of aromatic nitrogens is 4. The molecule has 0 unspecified atom stereocenters. The van der Waals surface area contributed by atoms with Crippen LogP contribution in [0.4, 0.5) is 5.82 Å². The summed E-state index contributed by atoms with van der Waals surface area (Å²) in [6.45, 7) is 6.60. The number of imidazole rings is 1. The highest BCUT2D eigenvalue weighted by molar-refractivity contribution is 5.30. The third kappa shape index (κ3) is 4.73. The third-order valence-electron chi connectivity index (χ3n) is 3.17. The molecule has 0 radical (unpaired) electrons. The maximum absolute atomic E-state index is 12.2. The van der Waals surface area contributed by atoms with E-state index in [1.165, 1.54) is 0 Å². The van der Waals surface area contributed by atoms with Crippen LogP contribution in [-0.4, -0.2) is 25.6 Å². The van der Waals surface area contributed by atoms with Crippen LogP contribution < -0.4 is 10.9 Å². The summed E-state index contributed by atoms with van der Waals surface area (Å²) in [5.41, 5.74) is -0.0409. The number of nitrogens with one attached hydrogen (secondary N) is 1. The molecule has 0 aliphatic heterocycles. The van der Waals surface area contributed by atoms with Crippen LogP contribution in [0.1, 0.15) is 26.7 Å². The van der Waals surface area contributed by atoms with Crippen molar-refractivity contribution in [2.75, 3.05) is 11.9 Å². The standard InChI is InChI=1S/C15H23N5O/c1-13(2)11-20-10-7-18-14(15(20)21)17-5-3-4-8-19-9-6-16-12-19/h6-7,9-10,12-13H,3-5,8,11H2,1-2H3,(H,17,18). The summed E-state index contributed by atoms with van der Waals surface area (Å²) in [7, 11) is 0. The van der Waals surface area contributed by atoms with Crippen molar-refractivity contribution >= 4 is 5.82 Å². The molecule has 0 aliphatic carbocycles. The second-order valence-electron chi connectivity index (χ2n) is 5.56. The molecule has 6 heteroatoms. The summed E-state index contributed by atoms with van der Waals surface area (Å²) >= 11 is 0. The van der Waals surface area contributed by atoms with Gasteiger partial charge in [-0.2, -0.15) is 0 Å². The number of nitrogens with zero attached hydrogens (tertiary/aromatic N) is 4. The van der Waals surface area contributed by atoms with Gasteiger partial charge in [-0.25, -0.2) is 9.97 Å². The van der Waals surface area contributed by atoms with Crippen molar-refractivity contribution in [2.45, 2.75) is 39.8 Å². The third-order valence-corrected chi connectivity index (χ3v) is 3.17. The average molecular weight is 289 g/mol. The topological polar surface area (TPSA) is 64.7 Å². The Morgan fingerprint density at radius 2 is 2.10 bits per heavy atom. The largest absolute Gasteiger partial charge is 0.365 e. The molecular weight excluding hydrogens is 266 g/mol. The van der Waals surface area contributed by atoms with Crippen molar-refractivity contribution in [3.05, 3.63) is 41.5 Å². The number of unbranched alkanes of at least 4 members (excludes halogenated alkanes) is 1. The van der Waals surface area contributed by atoms with Gasteiger partial charge in [0.2, 0.25) is 0 Å². The van der Waals surface area contributed by atoms with Crippen LogP contribution in [-0.2, 0) is 13.1 Å². The molecule has 2 aromatic heterocycles. The van der Waals surface area contributed by atoms with E-state index >= 15 is 0 Å². The first kappa shape index (κ1) is 15.3. The van der Waals surface area contributed by atoms with Crippen LogP contribution in [0.25, 0.3) is 0 Å². The smallest absolute Gasteiger partial charge is 0.293 e. The Morgan fingerprint density at radius 1 is 1.24 bits per heavy atom. The zero-order valence-electron chi connectivity index (χ0n) is 12.7. The summed E-state index contributed by atoms with van der Waals surface area (Å²) in [6, 6.07) is 0. The molecule has 2 rings (SSSR count). The van der Waals surface area contributed by atoms with Crippen molar-refractivity contribution in [2.24, 2.45) is 5.92 Å². The number of anilines is 1. The van der Waals surface area contributed by atoms with Crippen LogP contribution >= 0.6 is 0 Å². The van der Waals surface area contributed by atoms with Gasteiger partial charge in [-0.05, 0) is 18.8 Å². The molecule has 0 spiro atoms. The van der Waals surface area contributed by atoms with Gasteiger partial charge in [-0.15, -0.1) is 0 Å². The maximum Gasteiger partial charge on any atom is 0.293 e. The van der Waals surface area contributed by atoms with Crippen molar-refractivity contribution in [3.8, 4) is 0 Å². The van der Waals surface area contributed by atoms with E-state index in [0.29, 0.717) is 11.7 Å². The minimum Gasteiger partial charge on any atom is -0.365 e. The predicted molar refractivity (Wildman–Crippen MR) is 83.3 cm³/mol. The quantitative estimate of drug-likeness (QED) is 0.755. The molecule has 0 saturated carbocycles. The summed E-state index contributed by atoms with van der Waals surface area (Å²) in [5, 5.41) is 3.14. The average Bonchev–Trinajstić information content (AvgIpc) is 2.95. The lowest BCUT2D eigenvalue weighted by atomic mass is 10.2. The number of rotatable bonds is 8. The maximum atomic E-state index is 12.2. The molecule has 0 amide bonds. The molecule has 0 aromatic carbocycles. The van der Waals surface area contributed by atoms with E-state index in [9.17, 15) is 4.79 Å². The van der Waals surface area contributed by atoms with Crippen LogP contribution in [0.15, 0.2) is 35.9 Å². The van der Waals surface area contributed by atoms with Gasteiger partial charge in [0.25, 0.3) is 5.56 Å². The van der Waals surface area contributed by atoms with Gasteiger partial charge >= 0.3 is 0 Å². The first-order valence-corrected chi connectivity index (χ1v) is 7.42. The van der Waals surface area contributed by atoms with Gasteiger partial charge in [-0.3, -0.25) is 4.79 Å². The van der Waals surface area contributed by atoms with Crippen LogP contribution in [0.2, 0.25) is 0 Å². The van der Waals surface area contributed by atoms with Crippen LogP contribution in [0.5, 0.6) is 0 Å². The van der Waals surface area contributed by atoms with E-state index in [1.54, 1.807) is 23.2 Å². The molecule has 0 saturated heterocycles. The SMILES string of the molecule is CC(C)Cn1ccnc(NCCCCn2ccnc2)c1=O. The fraction of sp³-hybridized carbons (Fsp3) is 0.533. The van der Waals surface area contributed by atoms with E-state index in [0.717, 1.165) is 32.5 Å². The van der Waals surface area contributed by atoms with E-state index in [2.05, 4.69) is 33.7 Å². The second kappa shape index (κ2) is 7.61. The molecule has 0 bridgehead atoms. The fourth-order valence-electron chi connectivity index (χ4n) is 2.15. The molecule has 0 fully saturated rings. The van der Waals surface area contributed by atoms with Crippen molar-refractivity contribution in [1.29, 1.82) is 0 Å². The Hall–Kier alpha value is -2.11. The first-order chi connectivity index (χ1) is 10.2. The molecule has 21 heavy (non-hydrogen) atoms. The zero-order valence-corrected chi connectivity index (χ0v) is 12.7. The Kier molecular flexibility index (Phi) is 5.54. The van der Waals surface area contributed by atoms with Gasteiger partial charge in [0, 0.05) is 44.4 Å². The molecule has 114 valence electrons. The highest BCUT2D eigenvalue weighted by Crippen LogP contribution is 2.00. The van der Waals surface area contributed by atoms with Crippen molar-refractivity contribution in [1.82, 2.24) is 19.1 Å². The predicted octanol–water partition coefficient (Wildman–Crippen LogP) is 1.99. The van der Waals surface area contributed by atoms with E-state index in [-0.39, 0.29) is 5.56 Å². The minimum atomic E-state index is -0.0409. The highest BCUT2D eigenvalue weighted by atomic mass is 16.1. The normalized spacial score (nSPS) is 11.0. The Bertz CT molecular complexity index is 588. The van der Waals surface area contributed by atoms with Crippen molar-refractivity contribution in [3.63, 3.8) is 0 Å². The molecule has 2 aromatic rings. The molecular formula is C15H23N5O. The van der Waals surface area contributed by atoms with Gasteiger partial charge in [0.15, 0.2) is 5.82 Å². The van der Waals surface area contributed by atoms with Gasteiger partial charge in [0.1, 0.15) is 0 Å². The number of hydrogen-bond acceptors (Lipinski definition) is 4. The Balaban J connectivity index is 1.79. The Labute approximate surface area is 124 Å². The van der Waals surface area contributed by atoms with Gasteiger partial charge in [0.05, 0.1) is 6.33 Å². The monoisotopic (exact) mass is 289 g/mol. The van der Waals surface area contributed by atoms with E-state index < -0.39 is 0 Å². The molecule has 1 N–H and O–H groups in total. The minimum absolute atomic E-state index is 0.0409. The fourth-order valence-corrected chi connectivity index (χ4v) is 2.15. The molecule has 0 atom stereocenters. The summed E-state index contributed by atoms with van der Waals surface area (Å²) in [5.74, 6) is 0.883.